The second kappa shape index (κ2) is 5.49. The molecule has 94 valence electrons. The van der Waals surface area contributed by atoms with E-state index in [9.17, 15) is 4.79 Å². The molecule has 0 amide bonds. The molecule has 0 aliphatic heterocycles. The van der Waals surface area contributed by atoms with Crippen LogP contribution >= 0.6 is 15.9 Å². The van der Waals surface area contributed by atoms with Crippen LogP contribution in [-0.4, -0.2) is 21.6 Å². The third kappa shape index (κ3) is 3.43. The van der Waals surface area contributed by atoms with Gasteiger partial charge in [0.2, 0.25) is 0 Å². The molecular weight excluding hydrogens is 284 g/mol. The molecule has 0 aromatic carbocycles. The van der Waals surface area contributed by atoms with Gasteiger partial charge in [-0.25, -0.2) is 9.78 Å². The summed E-state index contributed by atoms with van der Waals surface area (Å²) in [7, 11) is 0. The van der Waals surface area contributed by atoms with E-state index in [4.69, 9.17) is 5.11 Å². The summed E-state index contributed by atoms with van der Waals surface area (Å²) >= 11 is 3.22. The molecule has 0 bridgehead atoms. The molecule has 0 unspecified atom stereocenters. The van der Waals surface area contributed by atoms with Crippen molar-refractivity contribution in [2.75, 3.05) is 5.32 Å². The number of carbonyl (C=O) groups is 1. The molecular formula is C12H17BrN2O2. The van der Waals surface area contributed by atoms with Gasteiger partial charge in [0, 0.05) is 16.2 Å². The highest BCUT2D eigenvalue weighted by molar-refractivity contribution is 9.10. The number of carboxylic acids is 1. The Labute approximate surface area is 110 Å². The van der Waals surface area contributed by atoms with Crippen LogP contribution in [-0.2, 0) is 0 Å². The van der Waals surface area contributed by atoms with Crippen LogP contribution in [0.1, 0.15) is 44.0 Å². The fraction of sp³-hybridized carbons (Fsp3) is 0.500. The van der Waals surface area contributed by atoms with Gasteiger partial charge in [0.15, 0.2) is 0 Å². The van der Waals surface area contributed by atoms with Crippen LogP contribution in [0.2, 0.25) is 0 Å². The first-order valence-corrected chi connectivity index (χ1v) is 6.38. The molecule has 0 radical (unpaired) electrons. The fourth-order valence-electron chi connectivity index (χ4n) is 1.41. The summed E-state index contributed by atoms with van der Waals surface area (Å²) in [5.41, 5.74) is 0.0536. The second-order valence-electron chi connectivity index (χ2n) is 4.25. The van der Waals surface area contributed by atoms with E-state index in [0.717, 1.165) is 12.8 Å². The molecule has 0 saturated heterocycles. The molecule has 0 saturated carbocycles. The smallest absolute Gasteiger partial charge is 0.339 e. The first kappa shape index (κ1) is 14.0. The van der Waals surface area contributed by atoms with Gasteiger partial charge in [0.1, 0.15) is 11.4 Å². The lowest BCUT2D eigenvalue weighted by molar-refractivity contribution is 0.0697. The van der Waals surface area contributed by atoms with Crippen LogP contribution in [0.4, 0.5) is 5.82 Å². The van der Waals surface area contributed by atoms with Gasteiger partial charge in [-0.2, -0.15) is 0 Å². The molecule has 1 aromatic rings. The van der Waals surface area contributed by atoms with E-state index >= 15 is 0 Å². The summed E-state index contributed by atoms with van der Waals surface area (Å²) < 4.78 is 0.662. The molecule has 1 heterocycles. The van der Waals surface area contributed by atoms with Gasteiger partial charge in [0.25, 0.3) is 0 Å². The highest BCUT2D eigenvalue weighted by Gasteiger charge is 2.22. The van der Waals surface area contributed by atoms with Crippen LogP contribution in [0.25, 0.3) is 0 Å². The highest BCUT2D eigenvalue weighted by Crippen LogP contribution is 2.24. The lowest BCUT2D eigenvalue weighted by atomic mass is 9.95. The Kier molecular flexibility index (Phi) is 4.51. The normalized spacial score (nSPS) is 11.3. The highest BCUT2D eigenvalue weighted by atomic mass is 79.9. The maximum Gasteiger partial charge on any atom is 0.339 e. The minimum Gasteiger partial charge on any atom is -0.478 e. The van der Waals surface area contributed by atoms with Crippen molar-refractivity contribution in [1.29, 1.82) is 0 Å². The number of halogens is 1. The van der Waals surface area contributed by atoms with Gasteiger partial charge >= 0.3 is 5.97 Å². The van der Waals surface area contributed by atoms with E-state index in [1.165, 1.54) is 0 Å². The molecule has 1 aromatic heterocycles. The second-order valence-corrected chi connectivity index (χ2v) is 5.16. The van der Waals surface area contributed by atoms with E-state index < -0.39 is 5.97 Å². The van der Waals surface area contributed by atoms with Crippen molar-refractivity contribution in [3.63, 3.8) is 0 Å². The predicted molar refractivity (Wildman–Crippen MR) is 71.5 cm³/mol. The van der Waals surface area contributed by atoms with Crippen LogP contribution in [0, 0.1) is 0 Å². The van der Waals surface area contributed by atoms with Gasteiger partial charge in [-0.05, 0) is 41.8 Å². The zero-order valence-electron chi connectivity index (χ0n) is 10.2. The van der Waals surface area contributed by atoms with Crippen molar-refractivity contribution < 1.29 is 9.90 Å². The number of nitrogens with one attached hydrogen (secondary N) is 1. The summed E-state index contributed by atoms with van der Waals surface area (Å²) in [6, 6.07) is 1.56. The largest absolute Gasteiger partial charge is 0.478 e. The maximum atomic E-state index is 11.1. The van der Waals surface area contributed by atoms with Crippen molar-refractivity contribution in [3.8, 4) is 0 Å². The number of nitrogens with zero attached hydrogens (tertiary/aromatic N) is 1. The van der Waals surface area contributed by atoms with E-state index in [0.29, 0.717) is 10.3 Å². The summed E-state index contributed by atoms with van der Waals surface area (Å²) in [5, 5.41) is 12.4. The number of rotatable bonds is 5. The SMILES string of the molecule is CCC(C)(CC)Nc1ncc(Br)cc1C(=O)O. The molecule has 4 nitrogen and oxygen atoms in total. The molecule has 5 heteroatoms. The number of hydrogen-bond acceptors (Lipinski definition) is 3. The topological polar surface area (TPSA) is 62.2 Å². The lowest BCUT2D eigenvalue weighted by Crippen LogP contribution is -2.34. The number of aromatic nitrogens is 1. The van der Waals surface area contributed by atoms with E-state index in [-0.39, 0.29) is 11.1 Å². The van der Waals surface area contributed by atoms with Crippen molar-refractivity contribution in [2.24, 2.45) is 0 Å². The summed E-state index contributed by atoms with van der Waals surface area (Å²) in [4.78, 5) is 15.3. The van der Waals surface area contributed by atoms with Crippen molar-refractivity contribution in [1.82, 2.24) is 4.98 Å². The van der Waals surface area contributed by atoms with Crippen LogP contribution in [0.3, 0.4) is 0 Å². The standard InChI is InChI=1S/C12H17BrN2O2/c1-4-12(3,5-2)15-10-9(11(16)17)6-8(13)7-14-10/h6-7H,4-5H2,1-3H3,(H,14,15)(H,16,17). The molecule has 0 atom stereocenters. The van der Waals surface area contributed by atoms with Gasteiger partial charge in [-0.15, -0.1) is 0 Å². The molecule has 0 aliphatic rings. The number of carboxylic acid groups (broad SMARTS) is 1. The third-order valence-electron chi connectivity index (χ3n) is 3.07. The minimum atomic E-state index is -0.976. The van der Waals surface area contributed by atoms with Gasteiger partial charge in [-0.1, -0.05) is 13.8 Å². The summed E-state index contributed by atoms with van der Waals surface area (Å²) in [6.07, 6.45) is 3.40. The quantitative estimate of drug-likeness (QED) is 0.873. The van der Waals surface area contributed by atoms with Crippen LogP contribution in [0.15, 0.2) is 16.7 Å². The van der Waals surface area contributed by atoms with Crippen molar-refractivity contribution in [2.45, 2.75) is 39.2 Å². The third-order valence-corrected chi connectivity index (χ3v) is 3.50. The van der Waals surface area contributed by atoms with Crippen LogP contribution < -0.4 is 5.32 Å². The lowest BCUT2D eigenvalue weighted by Gasteiger charge is -2.29. The predicted octanol–water partition coefficient (Wildman–Crippen LogP) is 3.53. The maximum absolute atomic E-state index is 11.1. The first-order valence-electron chi connectivity index (χ1n) is 5.59. The van der Waals surface area contributed by atoms with E-state index in [2.05, 4.69) is 47.0 Å². The first-order chi connectivity index (χ1) is 7.91. The molecule has 2 N–H and O–H groups in total. The molecule has 0 fully saturated rings. The molecule has 0 spiro atoms. The van der Waals surface area contributed by atoms with E-state index in [1.54, 1.807) is 12.3 Å². The zero-order valence-corrected chi connectivity index (χ0v) is 11.8. The molecule has 17 heavy (non-hydrogen) atoms. The van der Waals surface area contributed by atoms with Crippen molar-refractivity contribution >= 4 is 27.7 Å². The fourth-order valence-corrected chi connectivity index (χ4v) is 1.75. The van der Waals surface area contributed by atoms with Gasteiger partial charge in [0.05, 0.1) is 0 Å². The number of pyridine rings is 1. The zero-order chi connectivity index (χ0) is 13.1. The monoisotopic (exact) mass is 300 g/mol. The Morgan fingerprint density at radius 1 is 1.53 bits per heavy atom. The average Bonchev–Trinajstić information content (AvgIpc) is 2.31. The molecule has 0 aliphatic carbocycles. The Bertz CT molecular complexity index is 417. The Balaban J connectivity index is 3.10. The Morgan fingerprint density at radius 2 is 2.12 bits per heavy atom. The average molecular weight is 301 g/mol. The van der Waals surface area contributed by atoms with Gasteiger partial charge < -0.3 is 10.4 Å². The Hall–Kier alpha value is -1.10. The summed E-state index contributed by atoms with van der Waals surface area (Å²) in [5.74, 6) is -0.553. The van der Waals surface area contributed by atoms with Gasteiger partial charge in [-0.3, -0.25) is 0 Å². The summed E-state index contributed by atoms with van der Waals surface area (Å²) in [6.45, 7) is 6.19. The number of aromatic carboxylic acids is 1. The Morgan fingerprint density at radius 3 is 2.59 bits per heavy atom. The minimum absolute atomic E-state index is 0.134. The van der Waals surface area contributed by atoms with E-state index in [1.807, 2.05) is 0 Å². The van der Waals surface area contributed by atoms with Crippen molar-refractivity contribution in [3.05, 3.63) is 22.3 Å². The number of hydrogen-bond donors (Lipinski definition) is 2. The molecule has 1 rings (SSSR count). The number of anilines is 1. The van der Waals surface area contributed by atoms with Crippen LogP contribution in [0.5, 0.6) is 0 Å².